The van der Waals surface area contributed by atoms with E-state index in [1.807, 2.05) is 66.7 Å². The largest absolute Gasteiger partial charge is 0.341 e. The molecule has 3 nitrogen and oxygen atoms in total. The summed E-state index contributed by atoms with van der Waals surface area (Å²) in [5.74, 6) is 0.752. The summed E-state index contributed by atoms with van der Waals surface area (Å²) in [6.07, 6.45) is 4.17. The first-order valence-corrected chi connectivity index (χ1v) is 11.9. The number of fused-ring (bicyclic) bond motifs is 3. The van der Waals surface area contributed by atoms with Crippen LogP contribution in [0.5, 0.6) is 0 Å². The molecule has 0 unspecified atom stereocenters. The van der Waals surface area contributed by atoms with Gasteiger partial charge in [-0.2, -0.15) is 0 Å². The Morgan fingerprint density at radius 1 is 0.793 bits per heavy atom. The average molecular weight is 403 g/mol. The lowest BCUT2D eigenvalue weighted by atomic mass is 10.0. The van der Waals surface area contributed by atoms with Crippen LogP contribution in [0.1, 0.15) is 33.2 Å². The number of carbonyl (C=O) groups is 2. The van der Waals surface area contributed by atoms with E-state index in [0.29, 0.717) is 16.9 Å². The van der Waals surface area contributed by atoms with Crippen molar-refractivity contribution in [1.82, 2.24) is 4.57 Å². The van der Waals surface area contributed by atoms with Gasteiger partial charge in [-0.3, -0.25) is 9.59 Å². The van der Waals surface area contributed by atoms with Gasteiger partial charge in [-0.15, -0.1) is 0 Å². The molecule has 0 aliphatic rings. The molecular formula is C25H24NO2S+. The molecule has 0 saturated heterocycles. The molecule has 1 aromatic heterocycles. The molecule has 0 amide bonds. The van der Waals surface area contributed by atoms with E-state index in [1.165, 1.54) is 0 Å². The van der Waals surface area contributed by atoms with Crippen LogP contribution in [0.3, 0.4) is 0 Å². The van der Waals surface area contributed by atoms with Gasteiger partial charge in [0.1, 0.15) is 0 Å². The van der Waals surface area contributed by atoms with E-state index in [-0.39, 0.29) is 22.5 Å². The highest BCUT2D eigenvalue weighted by Crippen LogP contribution is 2.31. The summed E-state index contributed by atoms with van der Waals surface area (Å²) in [6.45, 7) is 2.94. The summed E-state index contributed by atoms with van der Waals surface area (Å²) < 4.78 is 2.24. The third-order valence-electron chi connectivity index (χ3n) is 5.22. The summed E-state index contributed by atoms with van der Waals surface area (Å²) in [7, 11) is 0.0661. The summed E-state index contributed by atoms with van der Waals surface area (Å²) >= 11 is 0. The maximum Gasteiger partial charge on any atom is 0.211 e. The number of ketones is 2. The fraction of sp³-hybridized carbons (Fsp3) is 0.200. The number of benzene rings is 3. The van der Waals surface area contributed by atoms with Crippen molar-refractivity contribution in [2.75, 3.05) is 18.3 Å². The minimum atomic E-state index is 0.0122. The molecule has 3 aromatic carbocycles. The van der Waals surface area contributed by atoms with Gasteiger partial charge in [0.25, 0.3) is 0 Å². The highest BCUT2D eigenvalue weighted by molar-refractivity contribution is 7.96. The van der Waals surface area contributed by atoms with E-state index in [2.05, 4.69) is 24.0 Å². The van der Waals surface area contributed by atoms with Crippen molar-refractivity contribution < 1.29 is 9.59 Å². The number of carbonyl (C=O) groups excluding carboxylic acids is 2. The summed E-state index contributed by atoms with van der Waals surface area (Å²) in [4.78, 5) is 25.6. The molecule has 4 heteroatoms. The molecule has 0 fully saturated rings. The molecule has 0 radical (unpaired) electrons. The standard InChI is InChI=1S/C25H24NO2S/c1-4-26-22-12-10-18(24(27)16-29(2)3)14-20(22)21-15-19(11-13-23(21)26)25(28)17-8-6-5-7-9-17/h5-15H,4,16H2,1-3H3/q+1. The van der Waals surface area contributed by atoms with Crippen LogP contribution < -0.4 is 0 Å². The van der Waals surface area contributed by atoms with Crippen LogP contribution in [-0.2, 0) is 17.4 Å². The molecule has 1 heterocycles. The van der Waals surface area contributed by atoms with E-state index in [4.69, 9.17) is 0 Å². The third kappa shape index (κ3) is 3.60. The minimum Gasteiger partial charge on any atom is -0.341 e. The molecule has 0 aliphatic carbocycles. The van der Waals surface area contributed by atoms with Crippen molar-refractivity contribution in [2.45, 2.75) is 13.5 Å². The topological polar surface area (TPSA) is 39.1 Å². The van der Waals surface area contributed by atoms with Crippen LogP contribution in [0.4, 0.5) is 0 Å². The van der Waals surface area contributed by atoms with Gasteiger partial charge < -0.3 is 4.57 Å². The van der Waals surface area contributed by atoms with Crippen molar-refractivity contribution in [3.63, 3.8) is 0 Å². The Morgan fingerprint density at radius 2 is 1.38 bits per heavy atom. The number of rotatable bonds is 6. The van der Waals surface area contributed by atoms with E-state index >= 15 is 0 Å². The van der Waals surface area contributed by atoms with Crippen molar-refractivity contribution >= 4 is 44.3 Å². The lowest BCUT2D eigenvalue weighted by molar-refractivity contribution is 0.101. The zero-order valence-electron chi connectivity index (χ0n) is 16.9. The quantitative estimate of drug-likeness (QED) is 0.332. The Kier molecular flexibility index (Phi) is 5.29. The zero-order chi connectivity index (χ0) is 20.5. The second-order valence-electron chi connectivity index (χ2n) is 7.46. The van der Waals surface area contributed by atoms with Gasteiger partial charge >= 0.3 is 0 Å². The van der Waals surface area contributed by atoms with Gasteiger partial charge in [0.05, 0.1) is 12.5 Å². The second kappa shape index (κ2) is 7.88. The van der Waals surface area contributed by atoms with E-state index in [1.54, 1.807) is 0 Å². The fourth-order valence-corrected chi connectivity index (χ4v) is 4.55. The zero-order valence-corrected chi connectivity index (χ0v) is 17.8. The number of hydrogen-bond acceptors (Lipinski definition) is 2. The minimum absolute atomic E-state index is 0.0122. The predicted molar refractivity (Wildman–Crippen MR) is 123 cm³/mol. The van der Waals surface area contributed by atoms with Crippen molar-refractivity contribution in [2.24, 2.45) is 0 Å². The summed E-state index contributed by atoms with van der Waals surface area (Å²) in [5.41, 5.74) is 4.27. The first kappa shape index (κ1) is 19.5. The Balaban J connectivity index is 1.88. The molecule has 4 aromatic rings. The molecule has 0 aliphatic heterocycles. The van der Waals surface area contributed by atoms with Gasteiger partial charge in [0.15, 0.2) is 11.5 Å². The normalized spacial score (nSPS) is 11.4. The molecule has 0 bridgehead atoms. The van der Waals surface area contributed by atoms with Gasteiger partial charge in [-0.25, -0.2) is 0 Å². The summed E-state index contributed by atoms with van der Waals surface area (Å²) in [6, 6.07) is 21.2. The Morgan fingerprint density at radius 3 is 1.97 bits per heavy atom. The van der Waals surface area contributed by atoms with Crippen LogP contribution in [-0.4, -0.2) is 34.4 Å². The SMILES string of the molecule is CCn1c2ccc(C(=O)C[S+](C)C)cc2c2cc(C(=O)c3ccccc3)ccc21. The highest BCUT2D eigenvalue weighted by atomic mass is 32.2. The smallest absolute Gasteiger partial charge is 0.211 e. The molecule has 4 rings (SSSR count). The first-order chi connectivity index (χ1) is 14.0. The number of aryl methyl sites for hydroxylation is 1. The number of aromatic nitrogens is 1. The van der Waals surface area contributed by atoms with Gasteiger partial charge in [-0.1, -0.05) is 30.3 Å². The van der Waals surface area contributed by atoms with Gasteiger partial charge in [0, 0.05) is 45.0 Å². The number of nitrogens with zero attached hydrogens (tertiary/aromatic N) is 1. The van der Waals surface area contributed by atoms with Crippen LogP contribution >= 0.6 is 0 Å². The van der Waals surface area contributed by atoms with Crippen LogP contribution in [0.2, 0.25) is 0 Å². The Hall–Kier alpha value is -2.85. The van der Waals surface area contributed by atoms with E-state index in [0.717, 1.165) is 33.9 Å². The molecule has 0 atom stereocenters. The fourth-order valence-electron chi connectivity index (χ4n) is 3.86. The van der Waals surface area contributed by atoms with Gasteiger partial charge in [0.2, 0.25) is 5.78 Å². The average Bonchev–Trinajstić information content (AvgIpc) is 3.05. The lowest BCUT2D eigenvalue weighted by Crippen LogP contribution is -2.13. The maximum atomic E-state index is 12.9. The number of Topliss-reactive ketones (excluding diaryl/α,β-unsaturated/α-hetero) is 1. The third-order valence-corrected chi connectivity index (χ3v) is 6.06. The highest BCUT2D eigenvalue weighted by Gasteiger charge is 2.18. The monoisotopic (exact) mass is 402 g/mol. The Labute approximate surface area is 173 Å². The number of hydrogen-bond donors (Lipinski definition) is 0. The van der Waals surface area contributed by atoms with E-state index in [9.17, 15) is 9.59 Å². The molecule has 0 N–H and O–H groups in total. The molecule has 29 heavy (non-hydrogen) atoms. The second-order valence-corrected chi connectivity index (χ2v) is 9.72. The first-order valence-electron chi connectivity index (χ1n) is 9.72. The van der Waals surface area contributed by atoms with Gasteiger partial charge in [-0.05, 0) is 54.2 Å². The maximum absolute atomic E-state index is 12.9. The van der Waals surface area contributed by atoms with Crippen LogP contribution in [0.25, 0.3) is 21.8 Å². The van der Waals surface area contributed by atoms with Crippen LogP contribution in [0.15, 0.2) is 66.7 Å². The van der Waals surface area contributed by atoms with E-state index < -0.39 is 0 Å². The molecule has 0 saturated carbocycles. The predicted octanol–water partition coefficient (Wildman–Crippen LogP) is 5.11. The van der Waals surface area contributed by atoms with Crippen LogP contribution in [0, 0.1) is 0 Å². The van der Waals surface area contributed by atoms with Crippen molar-refractivity contribution in [3.05, 3.63) is 83.4 Å². The molecular weight excluding hydrogens is 378 g/mol. The lowest BCUT2D eigenvalue weighted by Gasteiger charge is -2.04. The van der Waals surface area contributed by atoms with Crippen molar-refractivity contribution in [1.29, 1.82) is 0 Å². The summed E-state index contributed by atoms with van der Waals surface area (Å²) in [5, 5.41) is 2.05. The Bertz CT molecular complexity index is 1220. The molecule has 146 valence electrons. The molecule has 0 spiro atoms. The van der Waals surface area contributed by atoms with Crippen molar-refractivity contribution in [3.8, 4) is 0 Å².